The summed E-state index contributed by atoms with van der Waals surface area (Å²) >= 11 is 2.99. The molecule has 1 aliphatic heterocycles. The molecule has 0 spiro atoms. The molecular formula is C20H15N4O4S2+. The summed E-state index contributed by atoms with van der Waals surface area (Å²) in [4.78, 5) is 27.0. The molecule has 0 aromatic carbocycles. The Balaban J connectivity index is 1.34. The molecule has 1 saturated carbocycles. The molecule has 0 bridgehead atoms. The Bertz CT molecular complexity index is 1220. The highest BCUT2D eigenvalue weighted by Gasteiger charge is 2.45. The number of rotatable bonds is 4. The SMILES string of the molecule is CN1N=C(c2cccs2)O/C1=C/C1C(=O)C(=Cc2oc(-c3cccs3)n[n+]2C)C1=O. The average molecular weight is 439 g/mol. The molecule has 4 heterocycles. The fraction of sp³-hybridized carbons (Fsp3) is 0.150. The van der Waals surface area contributed by atoms with Gasteiger partial charge in [-0.25, -0.2) is 5.01 Å². The minimum atomic E-state index is -0.892. The van der Waals surface area contributed by atoms with Crippen molar-refractivity contribution in [2.75, 3.05) is 7.05 Å². The fourth-order valence-electron chi connectivity index (χ4n) is 3.06. The van der Waals surface area contributed by atoms with E-state index in [1.54, 1.807) is 14.1 Å². The van der Waals surface area contributed by atoms with Crippen LogP contribution in [0.4, 0.5) is 0 Å². The zero-order valence-electron chi connectivity index (χ0n) is 15.9. The summed E-state index contributed by atoms with van der Waals surface area (Å²) < 4.78 is 13.0. The summed E-state index contributed by atoms with van der Waals surface area (Å²) in [5.41, 5.74) is 0.0846. The lowest BCUT2D eigenvalue weighted by molar-refractivity contribution is -0.732. The zero-order chi connectivity index (χ0) is 20.8. The summed E-state index contributed by atoms with van der Waals surface area (Å²) in [5.74, 6) is 0.107. The number of thiophene rings is 2. The number of carbonyl (C=O) groups is 2. The van der Waals surface area contributed by atoms with Crippen molar-refractivity contribution in [2.45, 2.75) is 0 Å². The Morgan fingerprint density at radius 2 is 1.83 bits per heavy atom. The predicted octanol–water partition coefficient (Wildman–Crippen LogP) is 2.61. The van der Waals surface area contributed by atoms with Gasteiger partial charge < -0.3 is 9.15 Å². The number of allylic oxidation sites excluding steroid dienone is 2. The number of Topliss-reactive ketones (excluding diaryl/α,β-unsaturated/α-hetero) is 2. The third-order valence-electron chi connectivity index (χ3n) is 4.66. The largest absolute Gasteiger partial charge is 0.418 e. The van der Waals surface area contributed by atoms with Gasteiger partial charge in [-0.2, -0.15) is 0 Å². The topological polar surface area (TPSA) is 88.9 Å². The first-order chi connectivity index (χ1) is 14.5. The smallest absolute Gasteiger partial charge is 0.401 e. The van der Waals surface area contributed by atoms with E-state index in [1.165, 1.54) is 44.5 Å². The Hall–Kier alpha value is -3.37. The van der Waals surface area contributed by atoms with E-state index in [4.69, 9.17) is 9.15 Å². The van der Waals surface area contributed by atoms with Gasteiger partial charge in [-0.3, -0.25) is 9.59 Å². The molecule has 0 atom stereocenters. The zero-order valence-corrected chi connectivity index (χ0v) is 17.6. The molecule has 1 fully saturated rings. The highest BCUT2D eigenvalue weighted by atomic mass is 32.1. The van der Waals surface area contributed by atoms with E-state index in [2.05, 4.69) is 10.2 Å². The molecule has 30 heavy (non-hydrogen) atoms. The number of ketones is 2. The van der Waals surface area contributed by atoms with Crippen molar-refractivity contribution in [1.29, 1.82) is 0 Å². The summed E-state index contributed by atoms with van der Waals surface area (Å²) in [6.45, 7) is 0. The normalized spacial score (nSPS) is 19.9. The van der Waals surface area contributed by atoms with E-state index in [9.17, 15) is 9.59 Å². The van der Waals surface area contributed by atoms with Crippen LogP contribution in [0.3, 0.4) is 0 Å². The monoisotopic (exact) mass is 439 g/mol. The van der Waals surface area contributed by atoms with Crippen molar-refractivity contribution in [3.05, 3.63) is 63.3 Å². The van der Waals surface area contributed by atoms with E-state index in [1.807, 2.05) is 35.0 Å². The van der Waals surface area contributed by atoms with Crippen LogP contribution >= 0.6 is 22.7 Å². The molecule has 0 N–H and O–H groups in total. The molecule has 0 unspecified atom stereocenters. The lowest BCUT2D eigenvalue weighted by Crippen LogP contribution is -2.41. The number of hydrazone groups is 1. The Kier molecular flexibility index (Phi) is 4.44. The summed E-state index contributed by atoms with van der Waals surface area (Å²) in [5, 5.41) is 14.0. The van der Waals surface area contributed by atoms with Gasteiger partial charge in [0.15, 0.2) is 18.6 Å². The highest BCUT2D eigenvalue weighted by molar-refractivity contribution is 7.13. The van der Waals surface area contributed by atoms with Crippen LogP contribution in [0.15, 0.2) is 62.1 Å². The van der Waals surface area contributed by atoms with Crippen molar-refractivity contribution in [1.82, 2.24) is 10.1 Å². The maximum Gasteiger partial charge on any atom is 0.401 e. The fourth-order valence-corrected chi connectivity index (χ4v) is 4.35. The first kappa shape index (κ1) is 18.6. The van der Waals surface area contributed by atoms with Crippen molar-refractivity contribution in [2.24, 2.45) is 18.1 Å². The minimum absolute atomic E-state index is 0.0846. The first-order valence-corrected chi connectivity index (χ1v) is 10.7. The Labute approximate surface area is 179 Å². The van der Waals surface area contributed by atoms with E-state index < -0.39 is 5.92 Å². The number of hydrogen-bond donors (Lipinski definition) is 0. The van der Waals surface area contributed by atoms with E-state index in [0.29, 0.717) is 23.6 Å². The predicted molar refractivity (Wildman–Crippen MR) is 110 cm³/mol. The van der Waals surface area contributed by atoms with Gasteiger partial charge in [0.1, 0.15) is 5.92 Å². The van der Waals surface area contributed by atoms with Crippen molar-refractivity contribution < 1.29 is 23.4 Å². The second kappa shape index (κ2) is 7.15. The average Bonchev–Trinajstić information content (AvgIpc) is 3.51. The minimum Gasteiger partial charge on any atom is -0.418 e. The third kappa shape index (κ3) is 3.10. The van der Waals surface area contributed by atoms with Crippen molar-refractivity contribution in [3.63, 3.8) is 0 Å². The Morgan fingerprint density at radius 1 is 1.13 bits per heavy atom. The molecule has 2 aliphatic rings. The summed E-state index contributed by atoms with van der Waals surface area (Å²) in [7, 11) is 3.41. The van der Waals surface area contributed by atoms with Crippen LogP contribution < -0.4 is 4.68 Å². The van der Waals surface area contributed by atoms with Crippen molar-refractivity contribution >= 4 is 46.2 Å². The van der Waals surface area contributed by atoms with Crippen molar-refractivity contribution in [3.8, 4) is 10.8 Å². The number of carbonyl (C=O) groups excluding carboxylic acids is 2. The molecule has 3 aromatic heterocycles. The van der Waals surface area contributed by atoms with Crippen LogP contribution in [0, 0.1) is 5.92 Å². The molecule has 8 nitrogen and oxygen atoms in total. The number of hydrogen-bond acceptors (Lipinski definition) is 9. The van der Waals surface area contributed by atoms with Gasteiger partial charge in [0.25, 0.3) is 5.90 Å². The summed E-state index contributed by atoms with van der Waals surface area (Å²) in [6.07, 6.45) is 2.94. The molecule has 0 radical (unpaired) electrons. The van der Waals surface area contributed by atoms with Gasteiger partial charge in [-0.15, -0.1) is 27.8 Å². The molecular weight excluding hydrogens is 424 g/mol. The summed E-state index contributed by atoms with van der Waals surface area (Å²) in [6, 6.07) is 7.58. The lowest BCUT2D eigenvalue weighted by Gasteiger charge is -2.22. The van der Waals surface area contributed by atoms with Crippen LogP contribution in [-0.4, -0.2) is 34.6 Å². The van der Waals surface area contributed by atoms with Gasteiger partial charge in [-0.05, 0) is 33.7 Å². The quantitative estimate of drug-likeness (QED) is 0.269. The number of ether oxygens (including phenoxy) is 1. The van der Waals surface area contributed by atoms with Gasteiger partial charge in [-0.1, -0.05) is 12.1 Å². The maximum atomic E-state index is 12.6. The number of nitrogens with zero attached hydrogens (tertiary/aromatic N) is 4. The third-order valence-corrected chi connectivity index (χ3v) is 6.37. The lowest BCUT2D eigenvalue weighted by atomic mass is 9.76. The van der Waals surface area contributed by atoms with Gasteiger partial charge in [0.05, 0.1) is 21.4 Å². The molecule has 0 saturated heterocycles. The van der Waals surface area contributed by atoms with Crippen LogP contribution in [-0.2, 0) is 21.4 Å². The van der Waals surface area contributed by atoms with E-state index in [-0.39, 0.29) is 17.1 Å². The second-order valence-electron chi connectivity index (χ2n) is 6.62. The second-order valence-corrected chi connectivity index (χ2v) is 8.52. The van der Waals surface area contributed by atoms with E-state index in [0.717, 1.165) is 9.75 Å². The van der Waals surface area contributed by atoms with Gasteiger partial charge >= 0.3 is 11.8 Å². The van der Waals surface area contributed by atoms with Crippen LogP contribution in [0.2, 0.25) is 0 Å². The highest BCUT2D eigenvalue weighted by Crippen LogP contribution is 2.31. The number of aromatic nitrogens is 2. The number of aryl methyl sites for hydroxylation is 1. The van der Waals surface area contributed by atoms with Crippen LogP contribution in [0.25, 0.3) is 16.8 Å². The first-order valence-electron chi connectivity index (χ1n) is 8.98. The Morgan fingerprint density at radius 3 is 2.50 bits per heavy atom. The van der Waals surface area contributed by atoms with Crippen LogP contribution in [0.5, 0.6) is 0 Å². The van der Waals surface area contributed by atoms with Gasteiger partial charge in [0.2, 0.25) is 5.88 Å². The molecule has 3 aromatic rings. The molecule has 150 valence electrons. The molecule has 1 aliphatic carbocycles. The molecule has 10 heteroatoms. The van der Waals surface area contributed by atoms with Crippen LogP contribution in [0.1, 0.15) is 10.8 Å². The molecule has 5 rings (SSSR count). The maximum absolute atomic E-state index is 12.6. The standard InChI is InChI=1S/C20H15N4O4S2/c1-23-15(27-19(21-23)13-5-3-7-29-13)9-11-17(25)12(18(11)26)10-16-24(2)22-20(28-16)14-6-4-8-30-14/h3-11H,1-2H3/q+1/b12-10?,15-9+. The molecule has 0 amide bonds. The van der Waals surface area contributed by atoms with E-state index >= 15 is 0 Å². The van der Waals surface area contributed by atoms with Gasteiger partial charge in [0, 0.05) is 12.1 Å².